The van der Waals surface area contributed by atoms with Gasteiger partial charge in [-0.05, 0) is 23.8 Å². The number of benzene rings is 2. The molecule has 0 bridgehead atoms. The molecule has 6 nitrogen and oxygen atoms in total. The Balaban J connectivity index is 1.69. The van der Waals surface area contributed by atoms with Gasteiger partial charge in [-0.15, -0.1) is 0 Å². The number of nitrogens with zero attached hydrogens (tertiary/aromatic N) is 3. The summed E-state index contributed by atoms with van der Waals surface area (Å²) in [5.74, 6) is 0.499. The number of aromatic nitrogens is 1. The Morgan fingerprint density at radius 3 is 2.96 bits per heavy atom. The molecule has 2 aromatic carbocycles. The molecular formula is C20H18N4O2. The van der Waals surface area contributed by atoms with Crippen LogP contribution in [0.25, 0.3) is 10.9 Å². The number of hydrogen-bond acceptors (Lipinski definition) is 4. The van der Waals surface area contributed by atoms with Crippen LogP contribution in [0.5, 0.6) is 5.75 Å². The summed E-state index contributed by atoms with van der Waals surface area (Å²) in [6.07, 6.45) is 3.66. The fraction of sp³-hybridized carbons (Fsp3) is 0.150. The van der Waals surface area contributed by atoms with Crippen LogP contribution in [0.4, 0.5) is 0 Å². The zero-order valence-electron chi connectivity index (χ0n) is 14.3. The van der Waals surface area contributed by atoms with Gasteiger partial charge in [-0.3, -0.25) is 4.79 Å². The average molecular weight is 346 g/mol. The predicted octanol–water partition coefficient (Wildman–Crippen LogP) is 2.87. The van der Waals surface area contributed by atoms with Gasteiger partial charge in [-0.2, -0.15) is 10.4 Å². The Bertz CT molecular complexity index is 998. The first-order valence-corrected chi connectivity index (χ1v) is 8.11. The first-order valence-electron chi connectivity index (χ1n) is 8.11. The van der Waals surface area contributed by atoms with Crippen molar-refractivity contribution in [1.82, 2.24) is 9.99 Å². The van der Waals surface area contributed by atoms with E-state index in [4.69, 9.17) is 10.00 Å². The van der Waals surface area contributed by atoms with Crippen molar-refractivity contribution in [3.05, 3.63) is 65.9 Å². The van der Waals surface area contributed by atoms with Gasteiger partial charge in [0.05, 0.1) is 25.8 Å². The monoisotopic (exact) mass is 346 g/mol. The molecule has 0 fully saturated rings. The molecule has 3 rings (SSSR count). The quantitative estimate of drug-likeness (QED) is 0.550. The van der Waals surface area contributed by atoms with Crippen molar-refractivity contribution in [1.29, 1.82) is 5.26 Å². The lowest BCUT2D eigenvalue weighted by Gasteiger charge is -2.03. The number of nitriles is 1. The highest BCUT2D eigenvalue weighted by Gasteiger charge is 2.07. The van der Waals surface area contributed by atoms with Gasteiger partial charge < -0.3 is 9.30 Å². The van der Waals surface area contributed by atoms with E-state index in [-0.39, 0.29) is 18.9 Å². The van der Waals surface area contributed by atoms with Gasteiger partial charge in [0.25, 0.3) is 0 Å². The second kappa shape index (κ2) is 7.99. The molecule has 0 saturated carbocycles. The van der Waals surface area contributed by atoms with E-state index in [0.717, 1.165) is 22.0 Å². The van der Waals surface area contributed by atoms with Crippen molar-refractivity contribution in [3.8, 4) is 11.8 Å². The molecule has 0 spiro atoms. The zero-order chi connectivity index (χ0) is 18.4. The highest BCUT2D eigenvalue weighted by molar-refractivity contribution is 5.99. The minimum atomic E-state index is -0.213. The molecule has 3 aromatic rings. The molecule has 0 aliphatic heterocycles. The smallest absolute Gasteiger partial charge is 0.244 e. The van der Waals surface area contributed by atoms with E-state index < -0.39 is 0 Å². The van der Waals surface area contributed by atoms with Gasteiger partial charge in [0.1, 0.15) is 12.3 Å². The normalized spacial score (nSPS) is 10.8. The third-order valence-electron chi connectivity index (χ3n) is 3.95. The number of hydrogen-bond donors (Lipinski definition) is 1. The van der Waals surface area contributed by atoms with Crippen LogP contribution < -0.4 is 10.2 Å². The summed E-state index contributed by atoms with van der Waals surface area (Å²) in [4.78, 5) is 12.1. The molecule has 0 saturated heterocycles. The minimum absolute atomic E-state index is 0.213. The maximum Gasteiger partial charge on any atom is 0.244 e. The standard InChI is InChI=1S/C20H18N4O2/c1-26-17-6-4-5-15(11-17)12-20(25)23-22-13-16-14-24(10-9-21)19-8-3-2-7-18(16)19/h2-8,11,13-14H,10,12H2,1H3,(H,23,25). The van der Waals surface area contributed by atoms with Crippen molar-refractivity contribution >= 4 is 23.0 Å². The van der Waals surface area contributed by atoms with E-state index >= 15 is 0 Å². The molecule has 1 N–H and O–H groups in total. The second-order valence-corrected chi connectivity index (χ2v) is 5.71. The van der Waals surface area contributed by atoms with Crippen molar-refractivity contribution in [3.63, 3.8) is 0 Å². The second-order valence-electron chi connectivity index (χ2n) is 5.71. The number of carbonyl (C=O) groups excluding carboxylic acids is 1. The largest absolute Gasteiger partial charge is 0.497 e. The summed E-state index contributed by atoms with van der Waals surface area (Å²) >= 11 is 0. The SMILES string of the molecule is COc1cccc(CC(=O)NN=Cc2cn(CC#N)c3ccccc23)c1. The fourth-order valence-corrected chi connectivity index (χ4v) is 2.77. The van der Waals surface area contributed by atoms with Crippen LogP contribution in [-0.2, 0) is 17.8 Å². The van der Waals surface area contributed by atoms with E-state index in [1.807, 2.05) is 59.3 Å². The molecular weight excluding hydrogens is 328 g/mol. The lowest BCUT2D eigenvalue weighted by molar-refractivity contribution is -0.120. The first-order chi connectivity index (χ1) is 12.7. The van der Waals surface area contributed by atoms with Crippen LogP contribution in [0.15, 0.2) is 59.8 Å². The fourth-order valence-electron chi connectivity index (χ4n) is 2.77. The average Bonchev–Trinajstić information content (AvgIpc) is 3.00. The van der Waals surface area contributed by atoms with E-state index in [1.54, 1.807) is 13.3 Å². The van der Waals surface area contributed by atoms with Crippen LogP contribution in [0.1, 0.15) is 11.1 Å². The predicted molar refractivity (Wildman–Crippen MR) is 100.0 cm³/mol. The topological polar surface area (TPSA) is 79.4 Å². The van der Waals surface area contributed by atoms with Crippen LogP contribution in [0, 0.1) is 11.3 Å². The summed E-state index contributed by atoms with van der Waals surface area (Å²) in [5.41, 5.74) is 5.19. The third-order valence-corrected chi connectivity index (χ3v) is 3.95. The molecule has 26 heavy (non-hydrogen) atoms. The van der Waals surface area contributed by atoms with E-state index in [9.17, 15) is 4.79 Å². The van der Waals surface area contributed by atoms with Crippen molar-refractivity contribution in [2.45, 2.75) is 13.0 Å². The summed E-state index contributed by atoms with van der Waals surface area (Å²) in [5, 5.41) is 14.0. The van der Waals surface area contributed by atoms with E-state index in [1.165, 1.54) is 0 Å². The molecule has 1 aromatic heterocycles. The third kappa shape index (κ3) is 3.90. The number of fused-ring (bicyclic) bond motifs is 1. The van der Waals surface area contributed by atoms with Gasteiger partial charge in [0.2, 0.25) is 5.91 Å². The molecule has 130 valence electrons. The highest BCUT2D eigenvalue weighted by Crippen LogP contribution is 2.19. The highest BCUT2D eigenvalue weighted by atomic mass is 16.5. The zero-order valence-corrected chi connectivity index (χ0v) is 14.3. The number of para-hydroxylation sites is 1. The van der Waals surface area contributed by atoms with Crippen molar-refractivity contribution in [2.24, 2.45) is 5.10 Å². The number of amides is 1. The Morgan fingerprint density at radius 1 is 1.31 bits per heavy atom. The maximum absolute atomic E-state index is 12.1. The Hall–Kier alpha value is -3.59. The summed E-state index contributed by atoms with van der Waals surface area (Å²) < 4.78 is 7.01. The molecule has 0 radical (unpaired) electrons. The van der Waals surface area contributed by atoms with E-state index in [2.05, 4.69) is 16.6 Å². The minimum Gasteiger partial charge on any atom is -0.497 e. The van der Waals surface area contributed by atoms with Gasteiger partial charge in [-0.1, -0.05) is 30.3 Å². The van der Waals surface area contributed by atoms with Gasteiger partial charge in [-0.25, -0.2) is 5.43 Å². The first kappa shape index (κ1) is 17.2. The van der Waals surface area contributed by atoms with Crippen molar-refractivity contribution in [2.75, 3.05) is 7.11 Å². The van der Waals surface area contributed by atoms with Crippen molar-refractivity contribution < 1.29 is 9.53 Å². The van der Waals surface area contributed by atoms with Crippen LogP contribution in [0.3, 0.4) is 0 Å². The van der Waals surface area contributed by atoms with Gasteiger partial charge in [0, 0.05) is 22.7 Å². The Labute approximate surface area is 151 Å². The number of methoxy groups -OCH3 is 1. The van der Waals surface area contributed by atoms with Crippen LogP contribution >= 0.6 is 0 Å². The summed E-state index contributed by atoms with van der Waals surface area (Å²) in [7, 11) is 1.59. The molecule has 0 atom stereocenters. The number of rotatable bonds is 6. The van der Waals surface area contributed by atoms with E-state index in [0.29, 0.717) is 5.75 Å². The van der Waals surface area contributed by atoms with Gasteiger partial charge in [0.15, 0.2) is 0 Å². The summed E-state index contributed by atoms with van der Waals surface area (Å²) in [6.45, 7) is 0.260. The molecule has 1 amide bonds. The number of hydrazone groups is 1. The summed E-state index contributed by atoms with van der Waals surface area (Å²) in [6, 6.07) is 17.3. The molecule has 1 heterocycles. The molecule has 0 aliphatic rings. The lowest BCUT2D eigenvalue weighted by Crippen LogP contribution is -2.19. The molecule has 0 aliphatic carbocycles. The van der Waals surface area contributed by atoms with Crippen LogP contribution in [-0.4, -0.2) is 23.8 Å². The maximum atomic E-state index is 12.1. The Morgan fingerprint density at radius 2 is 2.15 bits per heavy atom. The molecule has 0 unspecified atom stereocenters. The van der Waals surface area contributed by atoms with Crippen LogP contribution in [0.2, 0.25) is 0 Å². The van der Waals surface area contributed by atoms with Gasteiger partial charge >= 0.3 is 0 Å². The molecule has 6 heteroatoms. The number of carbonyl (C=O) groups is 1. The Kier molecular flexibility index (Phi) is 5.30. The number of nitrogens with one attached hydrogen (secondary N) is 1. The lowest BCUT2D eigenvalue weighted by atomic mass is 10.1. The number of ether oxygens (including phenoxy) is 1.